The summed E-state index contributed by atoms with van der Waals surface area (Å²) < 4.78 is 0. The molecule has 0 aliphatic heterocycles. The lowest BCUT2D eigenvalue weighted by Gasteiger charge is -2.36. The SMILES string of the molecule is CCCC(CCC)(C(=O)N(CC)CCCO)C(N)=NO. The van der Waals surface area contributed by atoms with Gasteiger partial charge in [0.25, 0.3) is 0 Å². The zero-order valence-corrected chi connectivity index (χ0v) is 12.9. The molecule has 0 aliphatic rings. The van der Waals surface area contributed by atoms with Crippen molar-refractivity contribution in [3.63, 3.8) is 0 Å². The van der Waals surface area contributed by atoms with Crippen LogP contribution in [-0.4, -0.2) is 46.7 Å². The molecule has 0 rings (SSSR count). The van der Waals surface area contributed by atoms with Crippen LogP contribution in [-0.2, 0) is 4.79 Å². The van der Waals surface area contributed by atoms with E-state index in [1.807, 2.05) is 20.8 Å². The molecule has 0 aliphatic carbocycles. The van der Waals surface area contributed by atoms with Gasteiger partial charge in [-0.15, -0.1) is 0 Å². The number of hydrogen-bond donors (Lipinski definition) is 3. The summed E-state index contributed by atoms with van der Waals surface area (Å²) in [6.45, 7) is 6.93. The van der Waals surface area contributed by atoms with E-state index in [1.54, 1.807) is 4.90 Å². The molecule has 0 bridgehead atoms. The van der Waals surface area contributed by atoms with Gasteiger partial charge in [0.05, 0.1) is 0 Å². The van der Waals surface area contributed by atoms with Crippen LogP contribution in [0.4, 0.5) is 0 Å². The number of amides is 1. The molecule has 118 valence electrons. The van der Waals surface area contributed by atoms with E-state index in [9.17, 15) is 4.79 Å². The van der Waals surface area contributed by atoms with Crippen LogP contribution in [0.25, 0.3) is 0 Å². The molecule has 0 fully saturated rings. The van der Waals surface area contributed by atoms with Gasteiger partial charge < -0.3 is 20.9 Å². The Morgan fingerprint density at radius 3 is 2.15 bits per heavy atom. The Morgan fingerprint density at radius 2 is 1.80 bits per heavy atom. The minimum atomic E-state index is -0.927. The smallest absolute Gasteiger partial charge is 0.236 e. The van der Waals surface area contributed by atoms with Crippen LogP contribution >= 0.6 is 0 Å². The molecular formula is C14H29N3O3. The maximum Gasteiger partial charge on any atom is 0.236 e. The minimum Gasteiger partial charge on any atom is -0.409 e. The lowest BCUT2D eigenvalue weighted by Crippen LogP contribution is -2.51. The number of oxime groups is 1. The fraction of sp³-hybridized carbons (Fsp3) is 0.857. The first-order chi connectivity index (χ1) is 9.53. The van der Waals surface area contributed by atoms with Gasteiger partial charge in [0.1, 0.15) is 5.41 Å². The number of carbonyl (C=O) groups is 1. The van der Waals surface area contributed by atoms with Gasteiger partial charge in [-0.25, -0.2) is 0 Å². The highest BCUT2D eigenvalue weighted by molar-refractivity contribution is 6.06. The third-order valence-corrected chi connectivity index (χ3v) is 3.62. The van der Waals surface area contributed by atoms with Gasteiger partial charge in [-0.1, -0.05) is 31.8 Å². The van der Waals surface area contributed by atoms with E-state index in [4.69, 9.17) is 16.0 Å². The monoisotopic (exact) mass is 287 g/mol. The number of rotatable bonds is 10. The Balaban J connectivity index is 5.40. The van der Waals surface area contributed by atoms with Crippen LogP contribution in [0.1, 0.15) is 52.9 Å². The fourth-order valence-electron chi connectivity index (χ4n) is 2.62. The molecule has 0 spiro atoms. The quantitative estimate of drug-likeness (QED) is 0.246. The second kappa shape index (κ2) is 9.58. The Bertz CT molecular complexity index is 313. The molecule has 0 aromatic rings. The van der Waals surface area contributed by atoms with Gasteiger partial charge in [-0.05, 0) is 26.2 Å². The van der Waals surface area contributed by atoms with Crippen molar-refractivity contribution >= 4 is 11.7 Å². The first-order valence-corrected chi connectivity index (χ1v) is 7.42. The van der Waals surface area contributed by atoms with E-state index in [0.29, 0.717) is 32.4 Å². The first-order valence-electron chi connectivity index (χ1n) is 7.42. The van der Waals surface area contributed by atoms with Crippen LogP contribution in [0.3, 0.4) is 0 Å². The minimum absolute atomic E-state index is 0.00588. The zero-order valence-electron chi connectivity index (χ0n) is 12.9. The summed E-state index contributed by atoms with van der Waals surface area (Å²) in [7, 11) is 0. The molecule has 20 heavy (non-hydrogen) atoms. The highest BCUT2D eigenvalue weighted by Gasteiger charge is 2.43. The number of nitrogens with two attached hydrogens (primary N) is 1. The van der Waals surface area contributed by atoms with Crippen molar-refractivity contribution in [2.45, 2.75) is 52.9 Å². The van der Waals surface area contributed by atoms with Gasteiger partial charge in [-0.3, -0.25) is 4.79 Å². The molecule has 0 aromatic heterocycles. The second-order valence-electron chi connectivity index (χ2n) is 5.03. The average molecular weight is 287 g/mol. The first kappa shape index (κ1) is 18.7. The molecule has 0 heterocycles. The van der Waals surface area contributed by atoms with Crippen molar-refractivity contribution < 1.29 is 15.1 Å². The summed E-state index contributed by atoms with van der Waals surface area (Å²) >= 11 is 0. The van der Waals surface area contributed by atoms with E-state index in [-0.39, 0.29) is 18.3 Å². The lowest BCUT2D eigenvalue weighted by atomic mass is 9.76. The van der Waals surface area contributed by atoms with Crippen molar-refractivity contribution in [3.05, 3.63) is 0 Å². The largest absolute Gasteiger partial charge is 0.409 e. The maximum absolute atomic E-state index is 12.9. The van der Waals surface area contributed by atoms with Crippen molar-refractivity contribution in [1.82, 2.24) is 4.90 Å². The Kier molecular flexibility index (Phi) is 8.96. The topological polar surface area (TPSA) is 99.2 Å². The van der Waals surface area contributed by atoms with Crippen molar-refractivity contribution in [3.8, 4) is 0 Å². The normalized spacial score (nSPS) is 12.5. The van der Waals surface area contributed by atoms with E-state index in [2.05, 4.69) is 5.16 Å². The Hall–Kier alpha value is -1.30. The number of amidine groups is 1. The van der Waals surface area contributed by atoms with Gasteiger partial charge in [-0.2, -0.15) is 0 Å². The molecule has 6 heteroatoms. The lowest BCUT2D eigenvalue weighted by molar-refractivity contribution is -0.139. The van der Waals surface area contributed by atoms with Gasteiger partial charge in [0, 0.05) is 19.7 Å². The average Bonchev–Trinajstić information content (AvgIpc) is 2.46. The van der Waals surface area contributed by atoms with E-state index in [1.165, 1.54) is 0 Å². The third kappa shape index (κ3) is 4.37. The zero-order chi connectivity index (χ0) is 15.6. The number of aliphatic hydroxyl groups is 1. The highest BCUT2D eigenvalue weighted by atomic mass is 16.4. The van der Waals surface area contributed by atoms with E-state index >= 15 is 0 Å². The van der Waals surface area contributed by atoms with Crippen LogP contribution in [0.15, 0.2) is 5.16 Å². The molecule has 4 N–H and O–H groups in total. The Labute approximate surface area is 121 Å². The molecule has 1 amide bonds. The summed E-state index contributed by atoms with van der Waals surface area (Å²) in [4.78, 5) is 14.5. The van der Waals surface area contributed by atoms with E-state index in [0.717, 1.165) is 12.8 Å². The third-order valence-electron chi connectivity index (χ3n) is 3.62. The molecule has 0 saturated carbocycles. The summed E-state index contributed by atoms with van der Waals surface area (Å²) in [5, 5.41) is 21.1. The fourth-order valence-corrected chi connectivity index (χ4v) is 2.62. The van der Waals surface area contributed by atoms with Crippen molar-refractivity contribution in [2.24, 2.45) is 16.3 Å². The van der Waals surface area contributed by atoms with Crippen molar-refractivity contribution in [1.29, 1.82) is 0 Å². The number of aliphatic hydroxyl groups excluding tert-OH is 1. The van der Waals surface area contributed by atoms with Gasteiger partial charge in [0.2, 0.25) is 5.91 Å². The summed E-state index contributed by atoms with van der Waals surface area (Å²) in [6, 6.07) is 0. The standard InChI is InChI=1S/C14H29N3O3/c1-4-8-14(9-5-2,12(15)16-20)13(19)17(6-3)10-7-11-18/h18,20H,4-11H2,1-3H3,(H2,15,16). The summed E-state index contributed by atoms with van der Waals surface area (Å²) in [5.41, 5.74) is 4.92. The molecule has 0 aromatic carbocycles. The van der Waals surface area contributed by atoms with Crippen molar-refractivity contribution in [2.75, 3.05) is 19.7 Å². The molecular weight excluding hydrogens is 258 g/mol. The number of nitrogens with zero attached hydrogens (tertiary/aromatic N) is 2. The second-order valence-corrected chi connectivity index (χ2v) is 5.03. The predicted octanol–water partition coefficient (Wildman–Crippen LogP) is 1.55. The number of hydrogen-bond acceptors (Lipinski definition) is 4. The highest BCUT2D eigenvalue weighted by Crippen LogP contribution is 2.33. The molecule has 0 atom stereocenters. The van der Waals surface area contributed by atoms with Crippen LogP contribution in [0, 0.1) is 5.41 Å². The van der Waals surface area contributed by atoms with Gasteiger partial charge >= 0.3 is 0 Å². The molecule has 0 unspecified atom stereocenters. The molecule has 6 nitrogen and oxygen atoms in total. The summed E-state index contributed by atoms with van der Waals surface area (Å²) in [5.74, 6) is -0.110. The Morgan fingerprint density at radius 1 is 1.25 bits per heavy atom. The van der Waals surface area contributed by atoms with E-state index < -0.39 is 5.41 Å². The predicted molar refractivity (Wildman–Crippen MR) is 79.6 cm³/mol. The van der Waals surface area contributed by atoms with Gasteiger partial charge in [0.15, 0.2) is 5.84 Å². The maximum atomic E-state index is 12.9. The number of carbonyl (C=O) groups excluding carboxylic acids is 1. The molecule has 0 radical (unpaired) electrons. The summed E-state index contributed by atoms with van der Waals surface area (Å²) in [6.07, 6.45) is 3.21. The van der Waals surface area contributed by atoms with Crippen LogP contribution in [0.5, 0.6) is 0 Å². The van der Waals surface area contributed by atoms with Crippen LogP contribution < -0.4 is 5.73 Å². The van der Waals surface area contributed by atoms with Crippen LogP contribution in [0.2, 0.25) is 0 Å². The molecule has 0 saturated heterocycles.